The molecule has 0 fully saturated rings. The first-order chi connectivity index (χ1) is 7.70. The van der Waals surface area contributed by atoms with Crippen LogP contribution in [0.3, 0.4) is 0 Å². The highest BCUT2D eigenvalue weighted by atomic mass is 16.3. The highest BCUT2D eigenvalue weighted by molar-refractivity contribution is 5.45. The predicted octanol–water partition coefficient (Wildman–Crippen LogP) is 0.675. The largest absolute Gasteiger partial charge is 0.508 e. The number of phenolic OH excluding ortho intramolecular Hbond substituents is 1. The third kappa shape index (κ3) is 12.0. The zero-order valence-electron chi connectivity index (χ0n) is 9.26. The van der Waals surface area contributed by atoms with Crippen LogP contribution in [-0.4, -0.2) is 29.8 Å². The van der Waals surface area contributed by atoms with Crippen LogP contribution in [0.15, 0.2) is 24.3 Å². The summed E-state index contributed by atoms with van der Waals surface area (Å²) < 4.78 is 0. The standard InChI is InChI=1S/C7H8O.C3H7NO2.C2H2/c1-6-2-4-7(8)5-3-6;5-2-1-4-3-6;1-2/h2-5,8H,1H3;3,5H,1-2H2,(H,4,6);1-2H. The van der Waals surface area contributed by atoms with Crippen molar-refractivity contribution in [2.24, 2.45) is 0 Å². The van der Waals surface area contributed by atoms with Crippen molar-refractivity contribution in [2.75, 3.05) is 13.2 Å². The Morgan fingerprint density at radius 1 is 1.31 bits per heavy atom. The van der Waals surface area contributed by atoms with E-state index < -0.39 is 0 Å². The van der Waals surface area contributed by atoms with Gasteiger partial charge in [-0.25, -0.2) is 0 Å². The van der Waals surface area contributed by atoms with Gasteiger partial charge in [-0.15, -0.1) is 12.8 Å². The molecule has 0 saturated heterocycles. The predicted molar refractivity (Wildman–Crippen MR) is 63.9 cm³/mol. The first kappa shape index (κ1) is 16.4. The Kier molecular flexibility index (Phi) is 13.4. The van der Waals surface area contributed by atoms with Gasteiger partial charge in [-0.1, -0.05) is 17.7 Å². The summed E-state index contributed by atoms with van der Waals surface area (Å²) in [6.07, 6.45) is 8.55. The molecule has 1 aromatic rings. The number of terminal acetylenes is 1. The van der Waals surface area contributed by atoms with Gasteiger partial charge in [-0.05, 0) is 19.1 Å². The normalized spacial score (nSPS) is 7.50. The smallest absolute Gasteiger partial charge is 0.207 e. The topological polar surface area (TPSA) is 69.6 Å². The van der Waals surface area contributed by atoms with E-state index in [4.69, 9.17) is 10.2 Å². The van der Waals surface area contributed by atoms with Crippen molar-refractivity contribution < 1.29 is 15.0 Å². The summed E-state index contributed by atoms with van der Waals surface area (Å²) in [5.41, 5.74) is 1.17. The summed E-state index contributed by atoms with van der Waals surface area (Å²) in [6.45, 7) is 2.35. The van der Waals surface area contributed by atoms with Crippen LogP contribution in [0.25, 0.3) is 0 Å². The highest BCUT2D eigenvalue weighted by Crippen LogP contribution is 2.07. The average Bonchev–Trinajstić information content (AvgIpc) is 2.34. The monoisotopic (exact) mass is 223 g/mol. The number of hydrogen-bond donors (Lipinski definition) is 3. The lowest BCUT2D eigenvalue weighted by Gasteiger charge is -1.89. The van der Waals surface area contributed by atoms with Crippen molar-refractivity contribution in [2.45, 2.75) is 6.92 Å². The maximum absolute atomic E-state index is 9.34. The highest BCUT2D eigenvalue weighted by Gasteiger charge is 1.82. The fraction of sp³-hybridized carbons (Fsp3) is 0.250. The molecule has 0 aromatic heterocycles. The molecule has 4 nitrogen and oxygen atoms in total. The molecule has 1 aromatic carbocycles. The molecule has 0 unspecified atom stereocenters. The zero-order chi connectivity index (χ0) is 12.8. The number of aromatic hydroxyl groups is 1. The Labute approximate surface area is 95.9 Å². The maximum Gasteiger partial charge on any atom is 0.207 e. The molecule has 0 aliphatic carbocycles. The van der Waals surface area contributed by atoms with E-state index in [0.29, 0.717) is 18.7 Å². The molecule has 0 heterocycles. The summed E-state index contributed by atoms with van der Waals surface area (Å²) in [4.78, 5) is 9.34. The van der Waals surface area contributed by atoms with Gasteiger partial charge in [-0.3, -0.25) is 4.79 Å². The Morgan fingerprint density at radius 2 is 1.81 bits per heavy atom. The lowest BCUT2D eigenvalue weighted by Crippen LogP contribution is -2.14. The fourth-order valence-corrected chi connectivity index (χ4v) is 0.668. The second-order valence-corrected chi connectivity index (χ2v) is 2.63. The molecule has 0 aliphatic rings. The third-order valence-corrected chi connectivity index (χ3v) is 1.37. The van der Waals surface area contributed by atoms with Gasteiger partial charge in [0.25, 0.3) is 0 Å². The van der Waals surface area contributed by atoms with E-state index in [0.717, 1.165) is 0 Å². The first-order valence-corrected chi connectivity index (χ1v) is 4.57. The quantitative estimate of drug-likeness (QED) is 0.401. The lowest BCUT2D eigenvalue weighted by molar-refractivity contribution is -0.109. The Hall–Kier alpha value is -1.99. The van der Waals surface area contributed by atoms with E-state index in [2.05, 4.69) is 18.2 Å². The minimum absolute atomic E-state index is 0.0126. The molecule has 0 saturated carbocycles. The Bertz CT molecular complexity index is 259. The van der Waals surface area contributed by atoms with E-state index in [9.17, 15) is 4.79 Å². The number of phenols is 1. The van der Waals surface area contributed by atoms with Crippen molar-refractivity contribution in [3.05, 3.63) is 29.8 Å². The van der Waals surface area contributed by atoms with Crippen LogP contribution < -0.4 is 5.32 Å². The van der Waals surface area contributed by atoms with Crippen molar-refractivity contribution in [1.29, 1.82) is 0 Å². The number of aliphatic hydroxyl groups excluding tert-OH is 1. The zero-order valence-corrected chi connectivity index (χ0v) is 9.26. The van der Waals surface area contributed by atoms with Gasteiger partial charge >= 0.3 is 0 Å². The molecule has 16 heavy (non-hydrogen) atoms. The van der Waals surface area contributed by atoms with Crippen molar-refractivity contribution in [3.8, 4) is 18.6 Å². The van der Waals surface area contributed by atoms with Gasteiger partial charge in [0, 0.05) is 6.54 Å². The Morgan fingerprint density at radius 3 is 2.06 bits per heavy atom. The van der Waals surface area contributed by atoms with Crippen LogP contribution in [0.5, 0.6) is 5.75 Å². The Balaban J connectivity index is 0. The molecule has 88 valence electrons. The molecule has 1 amide bonds. The summed E-state index contributed by atoms with van der Waals surface area (Å²) in [5, 5.41) is 19.0. The van der Waals surface area contributed by atoms with E-state index >= 15 is 0 Å². The number of amides is 1. The molecular formula is C12H17NO3. The number of carbonyl (C=O) groups excluding carboxylic acids is 1. The van der Waals surface area contributed by atoms with E-state index in [1.807, 2.05) is 19.1 Å². The fourth-order valence-electron chi connectivity index (χ4n) is 0.668. The van der Waals surface area contributed by atoms with Crippen molar-refractivity contribution in [1.82, 2.24) is 5.32 Å². The summed E-state index contributed by atoms with van der Waals surface area (Å²) in [6, 6.07) is 7.09. The van der Waals surface area contributed by atoms with Gasteiger partial charge in [-0.2, -0.15) is 0 Å². The molecule has 4 heteroatoms. The van der Waals surface area contributed by atoms with Crippen LogP contribution in [0.4, 0.5) is 0 Å². The second-order valence-electron chi connectivity index (χ2n) is 2.63. The van der Waals surface area contributed by atoms with Crippen molar-refractivity contribution >= 4 is 6.41 Å². The molecule has 0 aliphatic heterocycles. The van der Waals surface area contributed by atoms with Gasteiger partial charge in [0.05, 0.1) is 6.61 Å². The van der Waals surface area contributed by atoms with Crippen LogP contribution in [0.1, 0.15) is 5.56 Å². The molecule has 0 bridgehead atoms. The maximum atomic E-state index is 9.34. The number of aryl methyl sites for hydroxylation is 1. The van der Waals surface area contributed by atoms with Gasteiger partial charge in [0.1, 0.15) is 5.75 Å². The molecule has 1 rings (SSSR count). The number of nitrogens with one attached hydrogen (secondary N) is 1. The number of carbonyl (C=O) groups is 1. The molecule has 0 radical (unpaired) electrons. The minimum Gasteiger partial charge on any atom is -0.508 e. The lowest BCUT2D eigenvalue weighted by atomic mass is 10.2. The summed E-state index contributed by atoms with van der Waals surface area (Å²) in [7, 11) is 0. The van der Waals surface area contributed by atoms with E-state index in [1.165, 1.54) is 5.56 Å². The first-order valence-electron chi connectivity index (χ1n) is 4.57. The van der Waals surface area contributed by atoms with Gasteiger partial charge < -0.3 is 15.5 Å². The average molecular weight is 223 g/mol. The van der Waals surface area contributed by atoms with E-state index in [-0.39, 0.29) is 6.61 Å². The minimum atomic E-state index is 0.0126. The molecule has 3 N–H and O–H groups in total. The van der Waals surface area contributed by atoms with Gasteiger partial charge in [0.2, 0.25) is 6.41 Å². The summed E-state index contributed by atoms with van der Waals surface area (Å²) >= 11 is 0. The molecular weight excluding hydrogens is 206 g/mol. The SMILES string of the molecule is C#C.Cc1ccc(O)cc1.O=CNCCO. The van der Waals surface area contributed by atoms with Crippen LogP contribution in [-0.2, 0) is 4.79 Å². The van der Waals surface area contributed by atoms with Crippen molar-refractivity contribution in [3.63, 3.8) is 0 Å². The summed E-state index contributed by atoms with van der Waals surface area (Å²) in [5.74, 6) is 0.329. The number of aliphatic hydroxyl groups is 1. The van der Waals surface area contributed by atoms with Crippen LogP contribution >= 0.6 is 0 Å². The number of rotatable bonds is 3. The second kappa shape index (κ2) is 13.0. The number of hydrogen-bond acceptors (Lipinski definition) is 3. The van der Waals surface area contributed by atoms with Crippen LogP contribution in [0, 0.1) is 19.8 Å². The molecule has 0 atom stereocenters. The molecule has 0 spiro atoms. The third-order valence-electron chi connectivity index (χ3n) is 1.37. The van der Waals surface area contributed by atoms with Gasteiger partial charge in [0.15, 0.2) is 0 Å². The van der Waals surface area contributed by atoms with E-state index in [1.54, 1.807) is 12.1 Å². The number of benzene rings is 1. The van der Waals surface area contributed by atoms with Crippen LogP contribution in [0.2, 0.25) is 0 Å².